The molecule has 0 aliphatic heterocycles. The molecule has 0 aliphatic carbocycles. The predicted octanol–water partition coefficient (Wildman–Crippen LogP) is 4.85. The van der Waals surface area contributed by atoms with Gasteiger partial charge in [-0.15, -0.1) is 0 Å². The highest BCUT2D eigenvalue weighted by Crippen LogP contribution is 2.28. The Kier molecular flexibility index (Phi) is 5.42. The van der Waals surface area contributed by atoms with E-state index in [1.807, 2.05) is 49.4 Å². The number of ether oxygens (including phenoxy) is 1. The fourth-order valence-corrected chi connectivity index (χ4v) is 2.55. The van der Waals surface area contributed by atoms with Gasteiger partial charge in [-0.25, -0.2) is 4.79 Å². The Labute approximate surface area is 141 Å². The van der Waals surface area contributed by atoms with Gasteiger partial charge in [-0.1, -0.05) is 23.8 Å². The maximum Gasteiger partial charge on any atom is 0.332 e. The van der Waals surface area contributed by atoms with Crippen molar-refractivity contribution in [2.75, 3.05) is 12.4 Å². The molecule has 3 nitrogen and oxygen atoms in total. The minimum absolute atomic E-state index is 0.329. The molecule has 0 aromatic heterocycles. The minimum atomic E-state index is -0.554. The third kappa shape index (κ3) is 4.08. The van der Waals surface area contributed by atoms with Crippen LogP contribution in [0.15, 0.2) is 51.4 Å². The van der Waals surface area contributed by atoms with Crippen LogP contribution in [0.2, 0.25) is 0 Å². The summed E-state index contributed by atoms with van der Waals surface area (Å²) in [4.78, 5) is 12.1. The number of methoxy groups -OCH3 is 1. The van der Waals surface area contributed by atoms with E-state index in [0.717, 1.165) is 20.2 Å². The first-order valence-corrected chi connectivity index (χ1v) is 7.96. The largest absolute Gasteiger partial charge is 0.467 e. The second kappa shape index (κ2) is 7.09. The van der Waals surface area contributed by atoms with Gasteiger partial charge in [0.25, 0.3) is 0 Å². The summed E-state index contributed by atoms with van der Waals surface area (Å²) < 4.78 is 6.73. The Morgan fingerprint density at radius 3 is 2.33 bits per heavy atom. The van der Waals surface area contributed by atoms with Gasteiger partial charge >= 0.3 is 5.97 Å². The summed E-state index contributed by atoms with van der Waals surface area (Å²) in [6.45, 7) is 2.02. The van der Waals surface area contributed by atoms with Crippen molar-refractivity contribution >= 4 is 43.5 Å². The van der Waals surface area contributed by atoms with E-state index < -0.39 is 6.04 Å². The molecule has 21 heavy (non-hydrogen) atoms. The molecule has 0 radical (unpaired) electrons. The number of esters is 1. The normalized spacial score (nSPS) is 11.8. The lowest BCUT2D eigenvalue weighted by Gasteiger charge is -2.18. The Balaban J connectivity index is 2.31. The molecule has 1 atom stereocenters. The maximum atomic E-state index is 12.1. The zero-order valence-electron chi connectivity index (χ0n) is 11.7. The van der Waals surface area contributed by atoms with Gasteiger partial charge in [-0.05, 0) is 68.6 Å². The Morgan fingerprint density at radius 1 is 1.10 bits per heavy atom. The molecule has 5 heteroatoms. The maximum absolute atomic E-state index is 12.1. The smallest absolute Gasteiger partial charge is 0.332 e. The second-order valence-electron chi connectivity index (χ2n) is 4.64. The molecule has 0 spiro atoms. The van der Waals surface area contributed by atoms with E-state index in [4.69, 9.17) is 4.74 Å². The number of nitrogens with one attached hydrogen (secondary N) is 1. The lowest BCUT2D eigenvalue weighted by Crippen LogP contribution is -2.22. The summed E-state index contributed by atoms with van der Waals surface area (Å²) in [6, 6.07) is 13.0. The molecule has 2 aromatic rings. The molecular weight excluding hydrogens is 398 g/mol. The molecule has 0 bridgehead atoms. The van der Waals surface area contributed by atoms with Crippen LogP contribution in [0.5, 0.6) is 0 Å². The number of hydrogen-bond donors (Lipinski definition) is 1. The molecular formula is C16H15Br2NO2. The van der Waals surface area contributed by atoms with Crippen molar-refractivity contribution in [1.29, 1.82) is 0 Å². The molecule has 0 aliphatic rings. The van der Waals surface area contributed by atoms with Crippen LogP contribution in [0.1, 0.15) is 17.2 Å². The average Bonchev–Trinajstić information content (AvgIpc) is 2.49. The third-order valence-corrected chi connectivity index (χ3v) is 4.96. The number of halogens is 2. The molecule has 0 heterocycles. The zero-order chi connectivity index (χ0) is 15.4. The van der Waals surface area contributed by atoms with Gasteiger partial charge in [0.05, 0.1) is 7.11 Å². The van der Waals surface area contributed by atoms with Crippen LogP contribution < -0.4 is 5.32 Å². The number of aryl methyl sites for hydroxylation is 1. The van der Waals surface area contributed by atoms with Crippen LogP contribution >= 0.6 is 31.9 Å². The Hall–Kier alpha value is -1.33. The summed E-state index contributed by atoms with van der Waals surface area (Å²) in [7, 11) is 1.39. The summed E-state index contributed by atoms with van der Waals surface area (Å²) in [5.41, 5.74) is 2.87. The first kappa shape index (κ1) is 16.0. The predicted molar refractivity (Wildman–Crippen MR) is 91.4 cm³/mol. The van der Waals surface area contributed by atoms with Crippen molar-refractivity contribution in [1.82, 2.24) is 0 Å². The van der Waals surface area contributed by atoms with Gasteiger partial charge in [-0.3, -0.25) is 0 Å². The lowest BCUT2D eigenvalue weighted by molar-refractivity contribution is -0.141. The molecule has 1 N–H and O–H groups in total. The van der Waals surface area contributed by atoms with Crippen LogP contribution in [0.25, 0.3) is 0 Å². The number of carbonyl (C=O) groups excluding carboxylic acids is 1. The van der Waals surface area contributed by atoms with E-state index in [1.54, 1.807) is 0 Å². The van der Waals surface area contributed by atoms with Crippen LogP contribution in [0.3, 0.4) is 0 Å². The molecule has 110 valence electrons. The minimum Gasteiger partial charge on any atom is -0.467 e. The van der Waals surface area contributed by atoms with E-state index in [1.165, 1.54) is 12.7 Å². The van der Waals surface area contributed by atoms with Gasteiger partial charge in [0, 0.05) is 14.6 Å². The molecule has 0 saturated heterocycles. The number of carbonyl (C=O) groups is 1. The summed E-state index contributed by atoms with van der Waals surface area (Å²) >= 11 is 6.88. The Morgan fingerprint density at radius 2 is 1.76 bits per heavy atom. The molecule has 2 rings (SSSR count). The fourth-order valence-electron chi connectivity index (χ4n) is 1.90. The fraction of sp³-hybridized carbons (Fsp3) is 0.188. The molecule has 2 aromatic carbocycles. The van der Waals surface area contributed by atoms with Gasteiger partial charge < -0.3 is 10.1 Å². The zero-order valence-corrected chi connectivity index (χ0v) is 14.9. The van der Waals surface area contributed by atoms with E-state index in [9.17, 15) is 4.79 Å². The van der Waals surface area contributed by atoms with Crippen molar-refractivity contribution in [2.24, 2.45) is 0 Å². The molecule has 1 unspecified atom stereocenters. The van der Waals surface area contributed by atoms with Gasteiger partial charge in [-0.2, -0.15) is 0 Å². The van der Waals surface area contributed by atoms with Crippen LogP contribution in [0.4, 0.5) is 5.69 Å². The molecule has 0 fully saturated rings. The van der Waals surface area contributed by atoms with Gasteiger partial charge in [0.15, 0.2) is 6.04 Å². The van der Waals surface area contributed by atoms with Crippen molar-refractivity contribution in [2.45, 2.75) is 13.0 Å². The standard InChI is InChI=1S/C16H15Br2NO2/c1-10-3-6-12(7-4-10)19-15(16(20)21-2)11-5-8-13(17)14(18)9-11/h3-9,15,19H,1-2H3. The number of anilines is 1. The molecule has 0 saturated carbocycles. The highest BCUT2D eigenvalue weighted by atomic mass is 79.9. The van der Waals surface area contributed by atoms with Crippen molar-refractivity contribution < 1.29 is 9.53 Å². The summed E-state index contributed by atoms with van der Waals surface area (Å²) in [5.74, 6) is -0.329. The van der Waals surface area contributed by atoms with Crippen molar-refractivity contribution in [3.63, 3.8) is 0 Å². The number of rotatable bonds is 4. The Bertz CT molecular complexity index is 641. The average molecular weight is 413 g/mol. The van der Waals surface area contributed by atoms with E-state index in [-0.39, 0.29) is 5.97 Å². The number of hydrogen-bond acceptors (Lipinski definition) is 3. The first-order valence-electron chi connectivity index (χ1n) is 6.37. The topological polar surface area (TPSA) is 38.3 Å². The third-order valence-electron chi connectivity index (χ3n) is 3.08. The van der Waals surface area contributed by atoms with Gasteiger partial charge in [0.2, 0.25) is 0 Å². The number of benzene rings is 2. The van der Waals surface area contributed by atoms with E-state index in [2.05, 4.69) is 37.2 Å². The summed E-state index contributed by atoms with van der Waals surface area (Å²) in [6.07, 6.45) is 0. The van der Waals surface area contributed by atoms with Crippen molar-refractivity contribution in [3.05, 3.63) is 62.5 Å². The monoisotopic (exact) mass is 411 g/mol. The molecule has 0 amide bonds. The summed E-state index contributed by atoms with van der Waals surface area (Å²) in [5, 5.41) is 3.21. The van der Waals surface area contributed by atoms with Gasteiger partial charge in [0.1, 0.15) is 0 Å². The van der Waals surface area contributed by atoms with Crippen LogP contribution in [0, 0.1) is 6.92 Å². The van der Waals surface area contributed by atoms with E-state index in [0.29, 0.717) is 0 Å². The SMILES string of the molecule is COC(=O)C(Nc1ccc(C)cc1)c1ccc(Br)c(Br)c1. The first-order chi connectivity index (χ1) is 10.0. The lowest BCUT2D eigenvalue weighted by atomic mass is 10.1. The highest BCUT2D eigenvalue weighted by Gasteiger charge is 2.22. The highest BCUT2D eigenvalue weighted by molar-refractivity contribution is 9.13. The quantitative estimate of drug-likeness (QED) is 0.729. The van der Waals surface area contributed by atoms with Crippen LogP contribution in [-0.2, 0) is 9.53 Å². The van der Waals surface area contributed by atoms with Crippen LogP contribution in [-0.4, -0.2) is 13.1 Å². The second-order valence-corrected chi connectivity index (χ2v) is 6.35. The van der Waals surface area contributed by atoms with Crippen molar-refractivity contribution in [3.8, 4) is 0 Å². The van der Waals surface area contributed by atoms with E-state index >= 15 is 0 Å².